The topological polar surface area (TPSA) is 97.4 Å². The lowest BCUT2D eigenvalue weighted by molar-refractivity contribution is -0.122. The molecule has 1 aromatic heterocycles. The van der Waals surface area contributed by atoms with Crippen LogP contribution in [0.5, 0.6) is 5.75 Å². The number of carbonyl (C=O) groups excluding carboxylic acids is 1. The first-order chi connectivity index (χ1) is 13.3. The van der Waals surface area contributed by atoms with E-state index < -0.39 is 27.9 Å². The summed E-state index contributed by atoms with van der Waals surface area (Å²) in [6, 6.07) is 11.0. The van der Waals surface area contributed by atoms with Crippen LogP contribution in [-0.4, -0.2) is 25.4 Å². The lowest BCUT2D eigenvalue weighted by Crippen LogP contribution is -2.30. The van der Waals surface area contributed by atoms with Crippen molar-refractivity contribution in [3.05, 3.63) is 65.9 Å². The van der Waals surface area contributed by atoms with E-state index in [1.165, 1.54) is 66.1 Å². The van der Waals surface area contributed by atoms with E-state index in [-0.39, 0.29) is 10.0 Å². The molecule has 0 radical (unpaired) electrons. The van der Waals surface area contributed by atoms with Gasteiger partial charge in [0.2, 0.25) is 0 Å². The minimum atomic E-state index is -3.76. The predicted octanol–water partition coefficient (Wildman–Crippen LogP) is 3.49. The normalized spacial score (nSPS) is 12.2. The van der Waals surface area contributed by atoms with Crippen LogP contribution in [0.25, 0.3) is 0 Å². The molecule has 0 aliphatic carbocycles. The lowest BCUT2D eigenvalue weighted by Gasteiger charge is -2.15. The number of benzene rings is 2. The quantitative estimate of drug-likeness (QED) is 0.609. The van der Waals surface area contributed by atoms with Crippen LogP contribution in [0.1, 0.15) is 6.92 Å². The van der Waals surface area contributed by atoms with E-state index >= 15 is 0 Å². The highest BCUT2D eigenvalue weighted by molar-refractivity contribution is 7.93. The highest BCUT2D eigenvalue weighted by Crippen LogP contribution is 2.20. The van der Waals surface area contributed by atoms with Gasteiger partial charge in [-0.2, -0.15) is 0 Å². The highest BCUT2D eigenvalue weighted by atomic mass is 32.2. The van der Waals surface area contributed by atoms with E-state index in [0.29, 0.717) is 11.4 Å². The fourth-order valence-electron chi connectivity index (χ4n) is 2.18. The van der Waals surface area contributed by atoms with Gasteiger partial charge in [-0.25, -0.2) is 17.8 Å². The number of hydrogen-bond donors (Lipinski definition) is 2. The molecule has 0 fully saturated rings. The molecule has 1 amide bonds. The molecular weight excluding hydrogens is 405 g/mol. The molecule has 1 heterocycles. The Hall–Kier alpha value is -2.98. The number of rotatable bonds is 7. The van der Waals surface area contributed by atoms with Gasteiger partial charge >= 0.3 is 0 Å². The van der Waals surface area contributed by atoms with Crippen molar-refractivity contribution in [2.45, 2.75) is 17.9 Å². The van der Waals surface area contributed by atoms with Gasteiger partial charge in [0.15, 0.2) is 11.2 Å². The van der Waals surface area contributed by atoms with E-state index in [9.17, 15) is 17.6 Å². The molecule has 3 rings (SSSR count). The number of halogens is 1. The molecule has 0 saturated heterocycles. The van der Waals surface area contributed by atoms with Crippen molar-refractivity contribution >= 4 is 38.1 Å². The first kappa shape index (κ1) is 19.8. The Morgan fingerprint density at radius 1 is 1.14 bits per heavy atom. The molecule has 1 atom stereocenters. The van der Waals surface area contributed by atoms with Crippen LogP contribution in [-0.2, 0) is 14.8 Å². The maximum Gasteiger partial charge on any atom is 0.265 e. The summed E-state index contributed by atoms with van der Waals surface area (Å²) in [5.74, 6) is -0.469. The van der Waals surface area contributed by atoms with Crippen LogP contribution in [0.3, 0.4) is 0 Å². The molecule has 0 unspecified atom stereocenters. The summed E-state index contributed by atoms with van der Waals surface area (Å²) in [6.45, 7) is 1.55. The predicted molar refractivity (Wildman–Crippen MR) is 104 cm³/mol. The summed E-state index contributed by atoms with van der Waals surface area (Å²) < 4.78 is 45.3. The Morgan fingerprint density at radius 2 is 1.82 bits per heavy atom. The van der Waals surface area contributed by atoms with Crippen LogP contribution in [0, 0.1) is 5.82 Å². The number of thiazole rings is 1. The first-order valence-corrected chi connectivity index (χ1v) is 10.5. The van der Waals surface area contributed by atoms with Crippen LogP contribution < -0.4 is 14.8 Å². The first-order valence-electron chi connectivity index (χ1n) is 8.09. The molecule has 0 aliphatic rings. The van der Waals surface area contributed by atoms with Crippen molar-refractivity contribution in [1.29, 1.82) is 0 Å². The standard InChI is InChI=1S/C18H16FN3O4S2/c1-12(26-15-6-2-13(19)3-7-15)17(23)21-14-4-8-16(9-5-14)28(24,25)22-18-20-10-11-27-18/h2-12H,1H3,(H,20,22)(H,21,23)/t12-/m1/s1. The summed E-state index contributed by atoms with van der Waals surface area (Å²) in [7, 11) is -3.76. The van der Waals surface area contributed by atoms with Crippen molar-refractivity contribution in [2.24, 2.45) is 0 Å². The van der Waals surface area contributed by atoms with Gasteiger partial charge in [-0.3, -0.25) is 9.52 Å². The third-order valence-electron chi connectivity index (χ3n) is 3.58. The van der Waals surface area contributed by atoms with Gasteiger partial charge in [0, 0.05) is 17.3 Å². The van der Waals surface area contributed by atoms with Crippen molar-refractivity contribution in [2.75, 3.05) is 10.0 Å². The Kier molecular flexibility index (Phi) is 5.90. The minimum absolute atomic E-state index is 0.0382. The number of aromatic nitrogens is 1. The second kappa shape index (κ2) is 8.36. The van der Waals surface area contributed by atoms with E-state index in [1.54, 1.807) is 12.3 Å². The summed E-state index contributed by atoms with van der Waals surface area (Å²) in [5.41, 5.74) is 0.410. The number of carbonyl (C=O) groups is 1. The Morgan fingerprint density at radius 3 is 2.43 bits per heavy atom. The monoisotopic (exact) mass is 421 g/mol. The van der Waals surface area contributed by atoms with E-state index in [2.05, 4.69) is 15.0 Å². The zero-order valence-electron chi connectivity index (χ0n) is 14.6. The number of nitrogens with zero attached hydrogens (tertiary/aromatic N) is 1. The summed E-state index contributed by atoms with van der Waals surface area (Å²) in [5, 5.41) is 4.56. The second-order valence-electron chi connectivity index (χ2n) is 5.67. The van der Waals surface area contributed by atoms with Crippen LogP contribution in [0.4, 0.5) is 15.2 Å². The van der Waals surface area contributed by atoms with Crippen molar-refractivity contribution in [3.8, 4) is 5.75 Å². The SMILES string of the molecule is C[C@@H](Oc1ccc(F)cc1)C(=O)Nc1ccc(S(=O)(=O)Nc2nccs2)cc1. The third kappa shape index (κ3) is 5.05. The van der Waals surface area contributed by atoms with Crippen molar-refractivity contribution in [1.82, 2.24) is 4.98 Å². The Bertz CT molecular complexity index is 1040. The molecule has 2 N–H and O–H groups in total. The fraction of sp³-hybridized carbons (Fsp3) is 0.111. The second-order valence-corrected chi connectivity index (χ2v) is 8.25. The molecule has 146 valence electrons. The Labute approximate surface area is 165 Å². The zero-order chi connectivity index (χ0) is 20.1. The minimum Gasteiger partial charge on any atom is -0.481 e. The lowest BCUT2D eigenvalue weighted by atomic mass is 10.3. The number of anilines is 2. The summed E-state index contributed by atoms with van der Waals surface area (Å²) in [4.78, 5) is 16.1. The van der Waals surface area contributed by atoms with Crippen LogP contribution in [0.2, 0.25) is 0 Å². The summed E-state index contributed by atoms with van der Waals surface area (Å²) in [6.07, 6.45) is 0.663. The Balaban J connectivity index is 1.61. The number of nitrogens with one attached hydrogen (secondary N) is 2. The molecule has 28 heavy (non-hydrogen) atoms. The highest BCUT2D eigenvalue weighted by Gasteiger charge is 2.17. The van der Waals surface area contributed by atoms with Gasteiger partial charge in [0.25, 0.3) is 15.9 Å². The van der Waals surface area contributed by atoms with Crippen molar-refractivity contribution in [3.63, 3.8) is 0 Å². The third-order valence-corrected chi connectivity index (χ3v) is 5.75. The number of amides is 1. The number of ether oxygens (including phenoxy) is 1. The maximum absolute atomic E-state index is 12.9. The van der Waals surface area contributed by atoms with Gasteiger partial charge in [0.1, 0.15) is 11.6 Å². The van der Waals surface area contributed by atoms with Crippen LogP contribution >= 0.6 is 11.3 Å². The largest absolute Gasteiger partial charge is 0.481 e. The molecule has 0 bridgehead atoms. The van der Waals surface area contributed by atoms with Gasteiger partial charge in [-0.1, -0.05) is 0 Å². The molecule has 0 saturated carbocycles. The number of hydrogen-bond acceptors (Lipinski definition) is 6. The van der Waals surface area contributed by atoms with Gasteiger partial charge in [-0.05, 0) is 55.5 Å². The maximum atomic E-state index is 12.9. The van der Waals surface area contributed by atoms with Gasteiger partial charge < -0.3 is 10.1 Å². The van der Waals surface area contributed by atoms with E-state index in [0.717, 1.165) is 0 Å². The zero-order valence-corrected chi connectivity index (χ0v) is 16.3. The van der Waals surface area contributed by atoms with E-state index in [1.807, 2.05) is 0 Å². The average Bonchev–Trinajstić information content (AvgIpc) is 3.16. The van der Waals surface area contributed by atoms with Gasteiger partial charge in [0.05, 0.1) is 4.90 Å². The smallest absolute Gasteiger partial charge is 0.265 e. The molecule has 3 aromatic rings. The molecule has 10 heteroatoms. The molecule has 0 aliphatic heterocycles. The number of sulfonamides is 1. The molecular formula is C18H16FN3O4S2. The molecule has 0 spiro atoms. The van der Waals surface area contributed by atoms with Crippen molar-refractivity contribution < 1.29 is 22.3 Å². The summed E-state index contributed by atoms with van der Waals surface area (Å²) >= 11 is 1.17. The average molecular weight is 421 g/mol. The van der Waals surface area contributed by atoms with Gasteiger partial charge in [-0.15, -0.1) is 11.3 Å². The molecule has 7 nitrogen and oxygen atoms in total. The fourth-order valence-corrected chi connectivity index (χ4v) is 3.97. The van der Waals surface area contributed by atoms with Crippen LogP contribution in [0.15, 0.2) is 65.0 Å². The molecule has 2 aromatic carbocycles. The van der Waals surface area contributed by atoms with E-state index in [4.69, 9.17) is 4.74 Å².